The van der Waals surface area contributed by atoms with Crippen LogP contribution in [0.15, 0.2) is 53.7 Å². The van der Waals surface area contributed by atoms with Crippen LogP contribution in [0, 0.1) is 0 Å². The van der Waals surface area contributed by atoms with Crippen molar-refractivity contribution < 1.29 is 8.42 Å². The van der Waals surface area contributed by atoms with Crippen molar-refractivity contribution in [2.24, 2.45) is 0 Å². The predicted octanol–water partition coefficient (Wildman–Crippen LogP) is 2.50. The van der Waals surface area contributed by atoms with E-state index in [-0.39, 0.29) is 11.4 Å². The molecule has 0 unspecified atom stereocenters. The Morgan fingerprint density at radius 2 is 1.85 bits per heavy atom. The van der Waals surface area contributed by atoms with Gasteiger partial charge in [0.1, 0.15) is 0 Å². The van der Waals surface area contributed by atoms with Gasteiger partial charge in [0.2, 0.25) is 10.0 Å². The molecular formula is C14H15BrN2O2S. The Morgan fingerprint density at radius 1 is 1.10 bits per heavy atom. The molecule has 106 valence electrons. The number of rotatable bonds is 6. The van der Waals surface area contributed by atoms with Gasteiger partial charge in [0, 0.05) is 24.3 Å². The molecule has 0 atom stereocenters. The lowest BCUT2D eigenvalue weighted by molar-refractivity contribution is 0.581. The number of halogens is 1. The van der Waals surface area contributed by atoms with Gasteiger partial charge in [-0.05, 0) is 35.7 Å². The summed E-state index contributed by atoms with van der Waals surface area (Å²) in [6, 6.07) is 10.5. The van der Waals surface area contributed by atoms with Crippen molar-refractivity contribution in [3.63, 3.8) is 0 Å². The van der Waals surface area contributed by atoms with Gasteiger partial charge in [-0.2, -0.15) is 0 Å². The molecule has 4 nitrogen and oxygen atoms in total. The van der Waals surface area contributed by atoms with Gasteiger partial charge in [0.25, 0.3) is 0 Å². The Hall–Kier alpha value is -1.24. The molecule has 0 aliphatic heterocycles. The molecule has 0 amide bonds. The second-order valence-corrected chi connectivity index (χ2v) is 6.83. The number of aryl methyl sites for hydroxylation is 1. The first-order valence-corrected chi connectivity index (χ1v) is 8.76. The summed E-state index contributed by atoms with van der Waals surface area (Å²) in [4.78, 5) is 4.23. The zero-order valence-corrected chi connectivity index (χ0v) is 13.2. The number of aromatic nitrogens is 1. The van der Waals surface area contributed by atoms with Crippen LogP contribution in [0.2, 0.25) is 0 Å². The molecule has 2 rings (SSSR count). The summed E-state index contributed by atoms with van der Waals surface area (Å²) >= 11 is 3.36. The average molecular weight is 355 g/mol. The Morgan fingerprint density at radius 3 is 2.45 bits per heavy atom. The van der Waals surface area contributed by atoms with E-state index in [2.05, 4.69) is 25.6 Å². The first-order chi connectivity index (χ1) is 9.62. The molecule has 6 heteroatoms. The number of nitrogens with one attached hydrogen (secondary N) is 1. The molecule has 1 heterocycles. The quantitative estimate of drug-likeness (QED) is 0.810. The maximum atomic E-state index is 12.1. The van der Waals surface area contributed by atoms with Crippen LogP contribution in [0.3, 0.4) is 0 Å². The van der Waals surface area contributed by atoms with Crippen molar-refractivity contribution in [3.05, 3.63) is 59.9 Å². The minimum atomic E-state index is -3.48. The summed E-state index contributed by atoms with van der Waals surface area (Å²) in [6.45, 7) is 0.235. The maximum absolute atomic E-state index is 12.1. The highest BCUT2D eigenvalue weighted by Crippen LogP contribution is 2.12. The first-order valence-electron chi connectivity index (χ1n) is 6.15. The lowest BCUT2D eigenvalue weighted by Crippen LogP contribution is -2.23. The normalized spacial score (nSPS) is 11.4. The monoisotopic (exact) mass is 354 g/mol. The highest BCUT2D eigenvalue weighted by atomic mass is 79.9. The molecule has 1 aromatic carbocycles. The van der Waals surface area contributed by atoms with Crippen LogP contribution in [-0.2, 0) is 23.0 Å². The third kappa shape index (κ3) is 4.13. The number of nitrogens with zero attached hydrogens (tertiary/aromatic N) is 1. The van der Waals surface area contributed by atoms with E-state index in [0.29, 0.717) is 0 Å². The van der Waals surface area contributed by atoms with E-state index in [1.165, 1.54) is 0 Å². The van der Waals surface area contributed by atoms with E-state index in [4.69, 9.17) is 0 Å². The molecule has 0 bridgehead atoms. The minimum absolute atomic E-state index is 0.235. The highest BCUT2D eigenvalue weighted by Gasteiger charge is 2.13. The topological polar surface area (TPSA) is 59.1 Å². The predicted molar refractivity (Wildman–Crippen MR) is 82.2 cm³/mol. The number of alkyl halides is 1. The van der Waals surface area contributed by atoms with Gasteiger partial charge >= 0.3 is 0 Å². The van der Waals surface area contributed by atoms with Gasteiger partial charge in [0.05, 0.1) is 4.90 Å². The van der Waals surface area contributed by atoms with Crippen LogP contribution in [-0.4, -0.2) is 18.7 Å². The minimum Gasteiger partial charge on any atom is -0.264 e. The fourth-order valence-electron chi connectivity index (χ4n) is 1.71. The molecule has 1 N–H and O–H groups in total. The van der Waals surface area contributed by atoms with E-state index in [1.54, 1.807) is 30.6 Å². The summed E-state index contributed by atoms with van der Waals surface area (Å²) in [5, 5.41) is 0.859. The highest BCUT2D eigenvalue weighted by molar-refractivity contribution is 9.09. The molecule has 0 saturated carbocycles. The summed E-state index contributed by atoms with van der Waals surface area (Å²) in [5.74, 6) is 0. The van der Waals surface area contributed by atoms with E-state index < -0.39 is 10.0 Å². The second-order valence-electron chi connectivity index (χ2n) is 4.27. The Balaban J connectivity index is 2.06. The lowest BCUT2D eigenvalue weighted by Gasteiger charge is -2.07. The Bertz CT molecular complexity index is 643. The maximum Gasteiger partial charge on any atom is 0.240 e. The molecule has 0 aliphatic rings. The molecule has 0 aliphatic carbocycles. The van der Waals surface area contributed by atoms with Gasteiger partial charge in [-0.25, -0.2) is 13.1 Å². The third-order valence-electron chi connectivity index (χ3n) is 2.81. The molecule has 0 radical (unpaired) electrons. The van der Waals surface area contributed by atoms with Crippen LogP contribution < -0.4 is 4.72 Å². The van der Waals surface area contributed by atoms with Crippen molar-refractivity contribution in [1.82, 2.24) is 9.71 Å². The molecule has 2 aromatic rings. The van der Waals surface area contributed by atoms with Crippen LogP contribution >= 0.6 is 15.9 Å². The molecule has 0 saturated heterocycles. The average Bonchev–Trinajstić information content (AvgIpc) is 2.47. The number of pyridine rings is 1. The van der Waals surface area contributed by atoms with E-state index in [9.17, 15) is 8.42 Å². The number of benzene rings is 1. The van der Waals surface area contributed by atoms with Gasteiger partial charge in [0.15, 0.2) is 0 Å². The third-order valence-corrected chi connectivity index (χ3v) is 4.62. The molecule has 0 spiro atoms. The van der Waals surface area contributed by atoms with Gasteiger partial charge in [-0.3, -0.25) is 4.98 Å². The first kappa shape index (κ1) is 15.2. The Kier molecular flexibility index (Phi) is 5.28. The SMILES string of the molecule is O=S(=O)(NCc1cccnc1)c1ccc(CCBr)cc1. The fraction of sp³-hybridized carbons (Fsp3) is 0.214. The van der Waals surface area contributed by atoms with Gasteiger partial charge in [-0.1, -0.05) is 34.1 Å². The summed E-state index contributed by atoms with van der Waals surface area (Å²) in [7, 11) is -3.48. The van der Waals surface area contributed by atoms with Crippen molar-refractivity contribution >= 4 is 26.0 Å². The zero-order valence-electron chi connectivity index (χ0n) is 10.8. The van der Waals surface area contributed by atoms with Gasteiger partial charge < -0.3 is 0 Å². The van der Waals surface area contributed by atoms with Crippen molar-refractivity contribution in [3.8, 4) is 0 Å². The number of sulfonamides is 1. The standard InChI is InChI=1S/C14H15BrN2O2S/c15-8-7-12-3-5-14(6-4-12)20(18,19)17-11-13-2-1-9-16-10-13/h1-6,9-10,17H,7-8,11H2. The molecule has 1 aromatic heterocycles. The van der Waals surface area contributed by atoms with Crippen LogP contribution in [0.4, 0.5) is 0 Å². The summed E-state index contributed by atoms with van der Waals surface area (Å²) < 4.78 is 26.8. The number of hydrogen-bond acceptors (Lipinski definition) is 3. The van der Waals surface area contributed by atoms with Crippen LogP contribution in [0.5, 0.6) is 0 Å². The van der Waals surface area contributed by atoms with Crippen LogP contribution in [0.1, 0.15) is 11.1 Å². The van der Waals surface area contributed by atoms with Crippen molar-refractivity contribution in [2.45, 2.75) is 17.9 Å². The lowest BCUT2D eigenvalue weighted by atomic mass is 10.2. The molecular weight excluding hydrogens is 340 g/mol. The molecule has 20 heavy (non-hydrogen) atoms. The molecule has 0 fully saturated rings. The second kappa shape index (κ2) is 6.97. The van der Waals surface area contributed by atoms with Crippen LogP contribution in [0.25, 0.3) is 0 Å². The smallest absolute Gasteiger partial charge is 0.240 e. The van der Waals surface area contributed by atoms with E-state index in [1.807, 2.05) is 18.2 Å². The van der Waals surface area contributed by atoms with E-state index >= 15 is 0 Å². The van der Waals surface area contributed by atoms with Gasteiger partial charge in [-0.15, -0.1) is 0 Å². The Labute approximate surface area is 127 Å². The summed E-state index contributed by atoms with van der Waals surface area (Å²) in [6.07, 6.45) is 4.17. The van der Waals surface area contributed by atoms with E-state index in [0.717, 1.165) is 22.9 Å². The number of hydrogen-bond donors (Lipinski definition) is 1. The summed E-state index contributed by atoms with van der Waals surface area (Å²) in [5.41, 5.74) is 1.93. The zero-order chi connectivity index (χ0) is 14.4. The largest absolute Gasteiger partial charge is 0.264 e. The van der Waals surface area contributed by atoms with Crippen molar-refractivity contribution in [2.75, 3.05) is 5.33 Å². The fourth-order valence-corrected chi connectivity index (χ4v) is 3.18. The van der Waals surface area contributed by atoms with Crippen molar-refractivity contribution in [1.29, 1.82) is 0 Å².